The molecule has 3 aromatic carbocycles. The van der Waals surface area contributed by atoms with Gasteiger partial charge in [-0.25, -0.2) is 10.2 Å². The Hall–Kier alpha value is -4.66. The largest absolute Gasteiger partial charge is 0.494 e. The third kappa shape index (κ3) is 7.42. The van der Waals surface area contributed by atoms with Crippen LogP contribution < -0.4 is 25.0 Å². The monoisotopic (exact) mass is 489 g/mol. The van der Waals surface area contributed by atoms with Crippen molar-refractivity contribution in [1.29, 1.82) is 0 Å². The Morgan fingerprint density at radius 1 is 0.861 bits per heavy atom. The second-order valence-electron chi connectivity index (χ2n) is 7.51. The molecule has 0 unspecified atom stereocenters. The molecular weight excluding hydrogens is 462 g/mol. The van der Waals surface area contributed by atoms with Gasteiger partial charge in [-0.15, -0.1) is 0 Å². The first kappa shape index (κ1) is 26.0. The lowest BCUT2D eigenvalue weighted by molar-refractivity contribution is -0.136. The van der Waals surface area contributed by atoms with Gasteiger partial charge in [-0.2, -0.15) is 5.10 Å². The number of hydrogen-bond acceptors (Lipinski definition) is 7. The summed E-state index contributed by atoms with van der Waals surface area (Å²) in [4.78, 5) is 36.6. The Balaban J connectivity index is 1.62. The minimum Gasteiger partial charge on any atom is -0.494 e. The topological polar surface area (TPSA) is 115 Å². The van der Waals surface area contributed by atoms with E-state index in [2.05, 4.69) is 15.8 Å². The Kier molecular flexibility index (Phi) is 9.16. The lowest BCUT2D eigenvalue weighted by Crippen LogP contribution is -2.32. The number of nitrogens with one attached hydrogen (secondary N) is 2. The molecule has 0 spiro atoms. The van der Waals surface area contributed by atoms with Crippen molar-refractivity contribution in [3.8, 4) is 17.2 Å². The van der Waals surface area contributed by atoms with Crippen LogP contribution in [0.2, 0.25) is 0 Å². The van der Waals surface area contributed by atoms with Gasteiger partial charge in [0.25, 0.3) is 0 Å². The smallest absolute Gasteiger partial charge is 0.343 e. The van der Waals surface area contributed by atoms with Crippen molar-refractivity contribution < 1.29 is 28.6 Å². The van der Waals surface area contributed by atoms with Crippen molar-refractivity contribution in [1.82, 2.24) is 5.43 Å². The van der Waals surface area contributed by atoms with Gasteiger partial charge < -0.3 is 19.5 Å². The lowest BCUT2D eigenvalue weighted by Gasteiger charge is -2.11. The van der Waals surface area contributed by atoms with E-state index in [1.807, 2.05) is 19.9 Å². The molecule has 0 saturated carbocycles. The highest BCUT2D eigenvalue weighted by molar-refractivity contribution is 6.39. The Bertz CT molecular complexity index is 1250. The van der Waals surface area contributed by atoms with Crippen molar-refractivity contribution in [3.05, 3.63) is 83.4 Å². The van der Waals surface area contributed by atoms with E-state index in [4.69, 9.17) is 14.2 Å². The number of nitrogens with zero attached hydrogens (tertiary/aromatic N) is 1. The van der Waals surface area contributed by atoms with Crippen LogP contribution in [0.25, 0.3) is 0 Å². The number of amides is 2. The van der Waals surface area contributed by atoms with Gasteiger partial charge in [0.1, 0.15) is 5.75 Å². The second-order valence-corrected chi connectivity index (χ2v) is 7.51. The molecule has 0 fully saturated rings. The molecule has 0 aliphatic carbocycles. The summed E-state index contributed by atoms with van der Waals surface area (Å²) < 4.78 is 16.5. The van der Waals surface area contributed by atoms with E-state index < -0.39 is 17.8 Å². The van der Waals surface area contributed by atoms with E-state index in [0.717, 1.165) is 5.56 Å². The minimum absolute atomic E-state index is 0.231. The maximum Gasteiger partial charge on any atom is 0.343 e. The number of anilines is 1. The summed E-state index contributed by atoms with van der Waals surface area (Å²) in [6.07, 6.45) is 1.35. The zero-order chi connectivity index (χ0) is 25.9. The number of hydrazone groups is 1. The molecule has 36 heavy (non-hydrogen) atoms. The summed E-state index contributed by atoms with van der Waals surface area (Å²) in [7, 11) is 0. The van der Waals surface area contributed by atoms with Crippen LogP contribution in [0.15, 0.2) is 71.8 Å². The van der Waals surface area contributed by atoms with Crippen LogP contribution in [0.1, 0.15) is 35.3 Å². The SMILES string of the molecule is CCOc1ccc(C(=O)Oc2ccc(/C=N\NC(=O)C(=O)Nc3cccc(C)c3)cc2OCC)cc1. The van der Waals surface area contributed by atoms with Crippen molar-refractivity contribution in [2.75, 3.05) is 18.5 Å². The van der Waals surface area contributed by atoms with Gasteiger partial charge in [-0.1, -0.05) is 12.1 Å². The molecule has 9 heteroatoms. The van der Waals surface area contributed by atoms with Crippen LogP contribution in [-0.2, 0) is 9.59 Å². The number of ether oxygens (including phenoxy) is 3. The molecular formula is C27H27N3O6. The minimum atomic E-state index is -0.918. The fourth-order valence-electron chi connectivity index (χ4n) is 3.10. The molecule has 186 valence electrons. The molecule has 3 aromatic rings. The van der Waals surface area contributed by atoms with Crippen molar-refractivity contribution in [3.63, 3.8) is 0 Å². The van der Waals surface area contributed by atoms with Gasteiger partial charge in [0, 0.05) is 5.69 Å². The van der Waals surface area contributed by atoms with E-state index in [9.17, 15) is 14.4 Å². The molecule has 0 radical (unpaired) electrons. The number of hydrogen-bond donors (Lipinski definition) is 2. The number of aryl methyl sites for hydroxylation is 1. The van der Waals surface area contributed by atoms with Crippen molar-refractivity contribution in [2.24, 2.45) is 5.10 Å². The first-order valence-electron chi connectivity index (χ1n) is 11.3. The number of carbonyl (C=O) groups excluding carboxylic acids is 3. The Morgan fingerprint density at radius 3 is 2.31 bits per heavy atom. The van der Waals surface area contributed by atoms with Gasteiger partial charge in [0.15, 0.2) is 11.5 Å². The van der Waals surface area contributed by atoms with E-state index in [1.54, 1.807) is 67.6 Å². The van der Waals surface area contributed by atoms with Gasteiger partial charge in [-0.3, -0.25) is 9.59 Å². The van der Waals surface area contributed by atoms with Crippen LogP contribution in [-0.4, -0.2) is 37.2 Å². The fraction of sp³-hybridized carbons (Fsp3) is 0.185. The lowest BCUT2D eigenvalue weighted by atomic mass is 10.2. The normalized spacial score (nSPS) is 10.5. The first-order chi connectivity index (χ1) is 17.4. The van der Waals surface area contributed by atoms with Crippen LogP contribution in [0, 0.1) is 6.92 Å². The second kappa shape index (κ2) is 12.7. The summed E-state index contributed by atoms with van der Waals surface area (Å²) in [5.41, 5.74) is 4.55. The zero-order valence-corrected chi connectivity index (χ0v) is 20.2. The summed E-state index contributed by atoms with van der Waals surface area (Å²) in [6.45, 7) is 6.42. The summed E-state index contributed by atoms with van der Waals surface area (Å²) in [5.74, 6) is -1.10. The molecule has 2 N–H and O–H groups in total. The summed E-state index contributed by atoms with van der Waals surface area (Å²) in [5, 5.41) is 6.33. The molecule has 2 amide bonds. The predicted molar refractivity (Wildman–Crippen MR) is 136 cm³/mol. The van der Waals surface area contributed by atoms with Crippen molar-refractivity contribution >= 4 is 29.7 Å². The van der Waals surface area contributed by atoms with E-state index in [-0.39, 0.29) is 5.75 Å². The van der Waals surface area contributed by atoms with Crippen LogP contribution in [0.3, 0.4) is 0 Å². The standard InChI is InChI=1S/C27H27N3O6/c1-4-34-22-12-10-20(11-13-22)27(33)36-23-14-9-19(16-24(23)35-5-2)17-28-30-26(32)25(31)29-21-8-6-7-18(3)15-21/h6-17H,4-5H2,1-3H3,(H,29,31)(H,30,32)/b28-17-. The average molecular weight is 490 g/mol. The first-order valence-corrected chi connectivity index (χ1v) is 11.3. The number of esters is 1. The molecule has 0 atom stereocenters. The third-order valence-corrected chi connectivity index (χ3v) is 4.73. The number of carbonyl (C=O) groups is 3. The molecule has 0 aliphatic rings. The third-order valence-electron chi connectivity index (χ3n) is 4.73. The fourth-order valence-corrected chi connectivity index (χ4v) is 3.10. The van der Waals surface area contributed by atoms with Gasteiger partial charge in [0.2, 0.25) is 0 Å². The van der Waals surface area contributed by atoms with Crippen LogP contribution in [0.5, 0.6) is 17.2 Å². The molecule has 9 nitrogen and oxygen atoms in total. The van der Waals surface area contributed by atoms with E-state index in [0.29, 0.717) is 41.5 Å². The Morgan fingerprint density at radius 2 is 1.61 bits per heavy atom. The molecule has 3 rings (SSSR count). The van der Waals surface area contributed by atoms with Gasteiger partial charge in [-0.05, 0) is 86.5 Å². The summed E-state index contributed by atoms with van der Waals surface area (Å²) >= 11 is 0. The van der Waals surface area contributed by atoms with Crippen LogP contribution >= 0.6 is 0 Å². The Labute approximate surface area is 209 Å². The molecule has 0 heterocycles. The van der Waals surface area contributed by atoms with Gasteiger partial charge >= 0.3 is 17.8 Å². The maximum atomic E-state index is 12.6. The zero-order valence-electron chi connectivity index (χ0n) is 20.2. The molecule has 0 saturated heterocycles. The summed E-state index contributed by atoms with van der Waals surface area (Å²) in [6, 6.07) is 18.5. The van der Waals surface area contributed by atoms with E-state index >= 15 is 0 Å². The number of benzene rings is 3. The number of rotatable bonds is 9. The highest BCUT2D eigenvalue weighted by Crippen LogP contribution is 2.29. The maximum absolute atomic E-state index is 12.6. The average Bonchev–Trinajstić information content (AvgIpc) is 2.86. The van der Waals surface area contributed by atoms with Crippen LogP contribution in [0.4, 0.5) is 5.69 Å². The van der Waals surface area contributed by atoms with Crippen molar-refractivity contribution in [2.45, 2.75) is 20.8 Å². The molecule has 0 aliphatic heterocycles. The quantitative estimate of drug-likeness (QED) is 0.154. The molecule has 0 aromatic heterocycles. The predicted octanol–water partition coefficient (Wildman–Crippen LogP) is 4.10. The molecule has 0 bridgehead atoms. The highest BCUT2D eigenvalue weighted by Gasteiger charge is 2.15. The van der Waals surface area contributed by atoms with Gasteiger partial charge in [0.05, 0.1) is 25.0 Å². The highest BCUT2D eigenvalue weighted by atomic mass is 16.6. The van der Waals surface area contributed by atoms with E-state index in [1.165, 1.54) is 6.21 Å².